The van der Waals surface area contributed by atoms with Crippen LogP contribution in [0.2, 0.25) is 10.0 Å². The van der Waals surface area contributed by atoms with Crippen molar-refractivity contribution < 1.29 is 4.79 Å². The van der Waals surface area contributed by atoms with Gasteiger partial charge in [0.2, 0.25) is 0 Å². The molecule has 120 valence electrons. The molecule has 6 heteroatoms. The summed E-state index contributed by atoms with van der Waals surface area (Å²) in [5, 5.41) is 3.67. The van der Waals surface area contributed by atoms with E-state index in [0.717, 1.165) is 16.8 Å². The van der Waals surface area contributed by atoms with Gasteiger partial charge < -0.3 is 5.32 Å². The molecule has 24 heavy (non-hydrogen) atoms. The van der Waals surface area contributed by atoms with E-state index in [1.807, 2.05) is 24.3 Å². The van der Waals surface area contributed by atoms with E-state index in [4.69, 9.17) is 23.2 Å². The first-order chi connectivity index (χ1) is 11.6. The summed E-state index contributed by atoms with van der Waals surface area (Å²) in [6.07, 6.45) is 5.16. The van der Waals surface area contributed by atoms with Crippen LogP contribution >= 0.6 is 23.2 Å². The third-order valence-corrected chi connectivity index (χ3v) is 3.99. The van der Waals surface area contributed by atoms with Gasteiger partial charge in [-0.3, -0.25) is 14.8 Å². The molecule has 0 bridgehead atoms. The fraction of sp³-hybridized carbons (Fsp3) is 0.0556. The van der Waals surface area contributed by atoms with Gasteiger partial charge in [0.05, 0.1) is 16.3 Å². The second-order valence-corrected chi connectivity index (χ2v) is 5.90. The van der Waals surface area contributed by atoms with Gasteiger partial charge in [-0.05, 0) is 42.0 Å². The molecule has 0 spiro atoms. The number of hydrogen-bond acceptors (Lipinski definition) is 3. The zero-order valence-corrected chi connectivity index (χ0v) is 14.1. The molecule has 0 radical (unpaired) electrons. The summed E-state index contributed by atoms with van der Waals surface area (Å²) >= 11 is 11.9. The van der Waals surface area contributed by atoms with Crippen molar-refractivity contribution in [3.05, 3.63) is 82.2 Å². The molecule has 3 rings (SSSR count). The van der Waals surface area contributed by atoms with Crippen LogP contribution in [0.4, 0.5) is 0 Å². The number of rotatable bonds is 4. The lowest BCUT2D eigenvalue weighted by Crippen LogP contribution is -2.23. The molecule has 0 aliphatic rings. The number of pyridine rings is 2. The Bertz CT molecular complexity index is 869. The number of nitrogens with zero attached hydrogens (tertiary/aromatic N) is 2. The highest BCUT2D eigenvalue weighted by molar-refractivity contribution is 6.36. The van der Waals surface area contributed by atoms with E-state index in [1.165, 1.54) is 0 Å². The summed E-state index contributed by atoms with van der Waals surface area (Å²) in [5.74, 6) is -0.266. The Morgan fingerprint density at radius 2 is 1.92 bits per heavy atom. The topological polar surface area (TPSA) is 54.9 Å². The second kappa shape index (κ2) is 7.43. The molecular formula is C18H13Cl2N3O. The zero-order chi connectivity index (χ0) is 16.9. The van der Waals surface area contributed by atoms with E-state index in [1.54, 1.807) is 36.8 Å². The molecule has 0 saturated heterocycles. The average molecular weight is 358 g/mol. The summed E-state index contributed by atoms with van der Waals surface area (Å²) in [4.78, 5) is 20.8. The lowest BCUT2D eigenvalue weighted by Gasteiger charge is -2.10. The van der Waals surface area contributed by atoms with E-state index < -0.39 is 0 Å². The van der Waals surface area contributed by atoms with E-state index >= 15 is 0 Å². The van der Waals surface area contributed by atoms with Crippen LogP contribution in [0.5, 0.6) is 0 Å². The van der Waals surface area contributed by atoms with Crippen molar-refractivity contribution in [1.82, 2.24) is 15.3 Å². The van der Waals surface area contributed by atoms with Gasteiger partial charge in [-0.2, -0.15) is 0 Å². The third kappa shape index (κ3) is 3.72. The monoisotopic (exact) mass is 357 g/mol. The minimum atomic E-state index is -0.266. The Balaban J connectivity index is 1.79. The summed E-state index contributed by atoms with van der Waals surface area (Å²) < 4.78 is 0. The average Bonchev–Trinajstić information content (AvgIpc) is 2.61. The minimum absolute atomic E-state index is 0.266. The van der Waals surface area contributed by atoms with Crippen molar-refractivity contribution in [1.29, 1.82) is 0 Å². The van der Waals surface area contributed by atoms with E-state index in [9.17, 15) is 4.79 Å². The highest BCUT2D eigenvalue weighted by Gasteiger charge is 2.12. The number of carbonyl (C=O) groups excluding carboxylic acids is 1. The summed E-state index contributed by atoms with van der Waals surface area (Å²) in [6, 6.07) is 12.3. The van der Waals surface area contributed by atoms with Crippen LogP contribution < -0.4 is 5.32 Å². The standard InChI is InChI=1S/C18H13Cl2N3O/c19-14-5-6-15(16(20)9-14)18(24)23-11-13-4-2-8-22-17(13)12-3-1-7-21-10-12/h1-10H,11H2,(H,23,24). The number of aromatic nitrogens is 2. The third-order valence-electron chi connectivity index (χ3n) is 3.44. The number of halogens is 2. The molecule has 1 amide bonds. The van der Waals surface area contributed by atoms with Crippen molar-refractivity contribution in [2.24, 2.45) is 0 Å². The molecule has 0 unspecified atom stereocenters. The molecule has 0 aliphatic heterocycles. The lowest BCUT2D eigenvalue weighted by molar-refractivity contribution is 0.0951. The predicted molar refractivity (Wildman–Crippen MR) is 95.1 cm³/mol. The van der Waals surface area contributed by atoms with Crippen molar-refractivity contribution in [3.8, 4) is 11.3 Å². The number of nitrogens with one attached hydrogen (secondary N) is 1. The van der Waals surface area contributed by atoms with Crippen molar-refractivity contribution >= 4 is 29.1 Å². The molecule has 2 aromatic heterocycles. The number of carbonyl (C=O) groups is 1. The maximum atomic E-state index is 12.3. The largest absolute Gasteiger partial charge is 0.348 e. The Morgan fingerprint density at radius 3 is 2.67 bits per heavy atom. The van der Waals surface area contributed by atoms with Crippen LogP contribution in [0, 0.1) is 0 Å². The Hall–Kier alpha value is -2.43. The van der Waals surface area contributed by atoms with Crippen LogP contribution in [0.25, 0.3) is 11.3 Å². The molecule has 3 aromatic rings. The van der Waals surface area contributed by atoms with Gasteiger partial charge in [0.1, 0.15) is 0 Å². The molecule has 2 heterocycles. The lowest BCUT2D eigenvalue weighted by atomic mass is 10.1. The van der Waals surface area contributed by atoms with Gasteiger partial charge in [0.25, 0.3) is 5.91 Å². The predicted octanol–water partition coefficient (Wildman–Crippen LogP) is 4.38. The van der Waals surface area contributed by atoms with Crippen molar-refractivity contribution in [2.45, 2.75) is 6.54 Å². The quantitative estimate of drug-likeness (QED) is 0.753. The highest BCUT2D eigenvalue weighted by Crippen LogP contribution is 2.22. The van der Waals surface area contributed by atoms with E-state index in [0.29, 0.717) is 22.2 Å². The number of hydrogen-bond donors (Lipinski definition) is 1. The number of benzene rings is 1. The smallest absolute Gasteiger partial charge is 0.253 e. The van der Waals surface area contributed by atoms with Crippen molar-refractivity contribution in [3.63, 3.8) is 0 Å². The first-order valence-corrected chi connectivity index (χ1v) is 7.98. The number of amides is 1. The molecule has 0 aliphatic carbocycles. The molecule has 4 nitrogen and oxygen atoms in total. The highest BCUT2D eigenvalue weighted by atomic mass is 35.5. The SMILES string of the molecule is O=C(NCc1cccnc1-c1cccnc1)c1ccc(Cl)cc1Cl. The first kappa shape index (κ1) is 16.4. The van der Waals surface area contributed by atoms with Crippen LogP contribution in [0.3, 0.4) is 0 Å². The molecule has 1 N–H and O–H groups in total. The summed E-state index contributed by atoms with van der Waals surface area (Å²) in [5.41, 5.74) is 2.96. The minimum Gasteiger partial charge on any atom is -0.348 e. The van der Waals surface area contributed by atoms with Gasteiger partial charge in [-0.1, -0.05) is 29.3 Å². The van der Waals surface area contributed by atoms with Crippen LogP contribution in [0.15, 0.2) is 61.1 Å². The van der Waals surface area contributed by atoms with Crippen LogP contribution in [0.1, 0.15) is 15.9 Å². The molecule has 1 aromatic carbocycles. The van der Waals surface area contributed by atoms with E-state index in [-0.39, 0.29) is 5.91 Å². The molecule has 0 fully saturated rings. The maximum absolute atomic E-state index is 12.3. The summed E-state index contributed by atoms with van der Waals surface area (Å²) in [6.45, 7) is 0.329. The molecule has 0 atom stereocenters. The van der Waals surface area contributed by atoms with Gasteiger partial charge in [-0.25, -0.2) is 0 Å². The van der Waals surface area contributed by atoms with Gasteiger partial charge in [0.15, 0.2) is 0 Å². The first-order valence-electron chi connectivity index (χ1n) is 7.22. The van der Waals surface area contributed by atoms with Gasteiger partial charge in [-0.15, -0.1) is 0 Å². The van der Waals surface area contributed by atoms with Gasteiger partial charge in [0, 0.05) is 35.7 Å². The molecule has 0 saturated carbocycles. The fourth-order valence-corrected chi connectivity index (χ4v) is 2.78. The van der Waals surface area contributed by atoms with Crippen LogP contribution in [-0.4, -0.2) is 15.9 Å². The van der Waals surface area contributed by atoms with E-state index in [2.05, 4.69) is 15.3 Å². The van der Waals surface area contributed by atoms with Crippen LogP contribution in [-0.2, 0) is 6.54 Å². The normalized spacial score (nSPS) is 10.4. The maximum Gasteiger partial charge on any atom is 0.253 e. The Kier molecular flexibility index (Phi) is 5.08. The zero-order valence-electron chi connectivity index (χ0n) is 12.5. The molecular weight excluding hydrogens is 345 g/mol. The summed E-state index contributed by atoms with van der Waals surface area (Å²) in [7, 11) is 0. The fourth-order valence-electron chi connectivity index (χ4n) is 2.29. The Morgan fingerprint density at radius 1 is 1.08 bits per heavy atom. The second-order valence-electron chi connectivity index (χ2n) is 5.06. The van der Waals surface area contributed by atoms with Gasteiger partial charge >= 0.3 is 0 Å². The Labute approximate surface area is 149 Å². The van der Waals surface area contributed by atoms with Crippen molar-refractivity contribution in [2.75, 3.05) is 0 Å².